The van der Waals surface area contributed by atoms with E-state index in [0.29, 0.717) is 19.0 Å². The molecule has 7 heteroatoms. The quantitative estimate of drug-likeness (QED) is 0.375. The molecule has 1 atom stereocenters. The van der Waals surface area contributed by atoms with Crippen LogP contribution >= 0.6 is 11.8 Å². The number of carbonyl (C=O) groups is 1. The van der Waals surface area contributed by atoms with Crippen LogP contribution < -0.4 is 10.6 Å². The minimum atomic E-state index is -0.0117. The molecule has 0 aromatic heterocycles. The topological polar surface area (TPSA) is 60.0 Å². The summed E-state index contributed by atoms with van der Waals surface area (Å²) in [5, 5.41) is 6.44. The highest BCUT2D eigenvalue weighted by Gasteiger charge is 2.24. The SMILES string of the molecule is CN=C(NCc1cccc(NC(=O)CN(C)C)c1)N1CCC(CSc2ccccc2)C1. The molecule has 2 aromatic rings. The molecular weight excluding hydrogens is 406 g/mol. The molecular formula is C24H33N5OS. The monoisotopic (exact) mass is 439 g/mol. The first-order chi connectivity index (χ1) is 15.0. The number of benzene rings is 2. The number of likely N-dealkylation sites (tertiary alicyclic amines) is 1. The van der Waals surface area contributed by atoms with E-state index in [1.54, 1.807) is 0 Å². The van der Waals surface area contributed by atoms with Gasteiger partial charge in [0.25, 0.3) is 0 Å². The third kappa shape index (κ3) is 7.60. The fourth-order valence-corrected chi connectivity index (χ4v) is 4.70. The molecule has 0 bridgehead atoms. The van der Waals surface area contributed by atoms with E-state index in [1.807, 2.05) is 56.0 Å². The number of likely N-dealkylation sites (N-methyl/N-ethyl adjacent to an activating group) is 1. The van der Waals surface area contributed by atoms with Crippen molar-refractivity contribution in [2.75, 3.05) is 51.8 Å². The lowest BCUT2D eigenvalue weighted by Crippen LogP contribution is -2.39. The van der Waals surface area contributed by atoms with E-state index in [0.717, 1.165) is 36.1 Å². The van der Waals surface area contributed by atoms with Gasteiger partial charge >= 0.3 is 0 Å². The highest BCUT2D eigenvalue weighted by molar-refractivity contribution is 7.99. The van der Waals surface area contributed by atoms with Crippen molar-refractivity contribution in [2.24, 2.45) is 10.9 Å². The number of nitrogens with one attached hydrogen (secondary N) is 2. The van der Waals surface area contributed by atoms with E-state index < -0.39 is 0 Å². The Morgan fingerprint density at radius 2 is 2.00 bits per heavy atom. The van der Waals surface area contributed by atoms with Gasteiger partial charge in [0.05, 0.1) is 6.54 Å². The molecule has 0 aliphatic carbocycles. The number of carbonyl (C=O) groups excluding carboxylic acids is 1. The Bertz CT molecular complexity index is 871. The molecule has 1 saturated heterocycles. The van der Waals surface area contributed by atoms with Gasteiger partial charge in [0.15, 0.2) is 5.96 Å². The number of guanidine groups is 1. The summed E-state index contributed by atoms with van der Waals surface area (Å²) < 4.78 is 0. The summed E-state index contributed by atoms with van der Waals surface area (Å²) >= 11 is 1.93. The van der Waals surface area contributed by atoms with Gasteiger partial charge in [-0.25, -0.2) is 0 Å². The third-order valence-corrected chi connectivity index (χ3v) is 6.39. The Morgan fingerprint density at radius 3 is 2.74 bits per heavy atom. The maximum atomic E-state index is 12.0. The molecule has 166 valence electrons. The highest BCUT2D eigenvalue weighted by atomic mass is 32.2. The molecule has 0 saturated carbocycles. The molecule has 2 N–H and O–H groups in total. The minimum Gasteiger partial charge on any atom is -0.352 e. The van der Waals surface area contributed by atoms with Gasteiger partial charge in [0.2, 0.25) is 5.91 Å². The van der Waals surface area contributed by atoms with E-state index >= 15 is 0 Å². The summed E-state index contributed by atoms with van der Waals surface area (Å²) in [4.78, 5) is 22.0. The van der Waals surface area contributed by atoms with Crippen LogP contribution in [0, 0.1) is 5.92 Å². The number of nitrogens with zero attached hydrogens (tertiary/aromatic N) is 3. The second kappa shape index (κ2) is 11.8. The Morgan fingerprint density at radius 1 is 1.19 bits per heavy atom. The maximum Gasteiger partial charge on any atom is 0.238 e. The zero-order chi connectivity index (χ0) is 22.1. The van der Waals surface area contributed by atoms with Crippen LogP contribution in [0.2, 0.25) is 0 Å². The van der Waals surface area contributed by atoms with Gasteiger partial charge in [0, 0.05) is 43.0 Å². The number of rotatable bonds is 8. The van der Waals surface area contributed by atoms with E-state index in [9.17, 15) is 4.79 Å². The van der Waals surface area contributed by atoms with Gasteiger partial charge in [0.1, 0.15) is 0 Å². The Kier molecular flexibility index (Phi) is 8.79. The van der Waals surface area contributed by atoms with Crippen LogP contribution in [0.1, 0.15) is 12.0 Å². The number of anilines is 1. The summed E-state index contributed by atoms with van der Waals surface area (Å²) in [7, 11) is 5.61. The van der Waals surface area contributed by atoms with Crippen molar-refractivity contribution in [3.63, 3.8) is 0 Å². The van der Waals surface area contributed by atoms with Crippen molar-refractivity contribution in [1.82, 2.24) is 15.1 Å². The van der Waals surface area contributed by atoms with Gasteiger partial charge in [-0.1, -0.05) is 30.3 Å². The van der Waals surface area contributed by atoms with Gasteiger partial charge in [-0.15, -0.1) is 11.8 Å². The molecule has 6 nitrogen and oxygen atoms in total. The van der Waals surface area contributed by atoms with Crippen LogP contribution in [0.4, 0.5) is 5.69 Å². The van der Waals surface area contributed by atoms with E-state index in [2.05, 4.69) is 56.9 Å². The van der Waals surface area contributed by atoms with Gasteiger partial charge in [-0.2, -0.15) is 0 Å². The van der Waals surface area contributed by atoms with Crippen molar-refractivity contribution in [3.8, 4) is 0 Å². The summed E-state index contributed by atoms with van der Waals surface area (Å²) in [6.07, 6.45) is 1.19. The summed E-state index contributed by atoms with van der Waals surface area (Å²) in [5.74, 6) is 2.72. The number of thioether (sulfide) groups is 1. The fourth-order valence-electron chi connectivity index (χ4n) is 3.65. The second-order valence-corrected chi connectivity index (χ2v) is 9.21. The highest BCUT2D eigenvalue weighted by Crippen LogP contribution is 2.26. The van der Waals surface area contributed by atoms with Crippen LogP contribution in [-0.2, 0) is 11.3 Å². The van der Waals surface area contributed by atoms with Crippen molar-refractivity contribution in [2.45, 2.75) is 17.9 Å². The molecule has 1 heterocycles. The zero-order valence-electron chi connectivity index (χ0n) is 18.7. The summed E-state index contributed by atoms with van der Waals surface area (Å²) in [5.41, 5.74) is 1.93. The number of aliphatic imine (C=N–C) groups is 1. The molecule has 1 unspecified atom stereocenters. The lowest BCUT2D eigenvalue weighted by molar-refractivity contribution is -0.116. The normalized spacial score (nSPS) is 16.6. The zero-order valence-corrected chi connectivity index (χ0v) is 19.5. The Labute approximate surface area is 190 Å². The molecule has 2 aromatic carbocycles. The molecule has 0 spiro atoms. The standard InChI is InChI=1S/C24H33N5OS/c1-25-24(29-13-12-20(16-29)18-31-22-10-5-4-6-11-22)26-15-19-8-7-9-21(14-19)27-23(30)17-28(2)3/h4-11,14,20H,12-13,15-18H2,1-3H3,(H,25,26)(H,27,30). The van der Waals surface area contributed by atoms with Crippen LogP contribution in [0.3, 0.4) is 0 Å². The lowest BCUT2D eigenvalue weighted by Gasteiger charge is -2.22. The smallest absolute Gasteiger partial charge is 0.238 e. The Hall–Kier alpha value is -2.51. The first kappa shape index (κ1) is 23.2. The lowest BCUT2D eigenvalue weighted by atomic mass is 10.2. The van der Waals surface area contributed by atoms with Crippen LogP contribution in [0.15, 0.2) is 64.5 Å². The molecule has 1 amide bonds. The van der Waals surface area contributed by atoms with E-state index in [4.69, 9.17) is 0 Å². The van der Waals surface area contributed by atoms with Crippen LogP contribution in [0.5, 0.6) is 0 Å². The predicted molar refractivity (Wildman–Crippen MR) is 131 cm³/mol. The molecule has 0 radical (unpaired) electrons. The average Bonchev–Trinajstić information content (AvgIpc) is 3.22. The van der Waals surface area contributed by atoms with E-state index in [1.165, 1.54) is 11.3 Å². The maximum absolute atomic E-state index is 12.0. The third-order valence-electron chi connectivity index (χ3n) is 5.15. The largest absolute Gasteiger partial charge is 0.352 e. The molecule has 3 rings (SSSR count). The Balaban J connectivity index is 1.47. The fraction of sp³-hybridized carbons (Fsp3) is 0.417. The van der Waals surface area contributed by atoms with Crippen molar-refractivity contribution < 1.29 is 4.79 Å². The molecule has 31 heavy (non-hydrogen) atoms. The van der Waals surface area contributed by atoms with Crippen LogP contribution in [-0.4, -0.2) is 68.2 Å². The number of hydrogen-bond acceptors (Lipinski definition) is 4. The number of hydrogen-bond donors (Lipinski definition) is 2. The summed E-state index contributed by atoms with van der Waals surface area (Å²) in [6.45, 7) is 3.10. The molecule has 1 aliphatic heterocycles. The van der Waals surface area contributed by atoms with Crippen molar-refractivity contribution >= 4 is 29.3 Å². The first-order valence-electron chi connectivity index (χ1n) is 10.7. The van der Waals surface area contributed by atoms with Crippen LogP contribution in [0.25, 0.3) is 0 Å². The van der Waals surface area contributed by atoms with Gasteiger partial charge in [-0.05, 0) is 56.3 Å². The second-order valence-electron chi connectivity index (χ2n) is 8.11. The predicted octanol–water partition coefficient (Wildman–Crippen LogP) is 3.38. The van der Waals surface area contributed by atoms with Crippen molar-refractivity contribution in [3.05, 3.63) is 60.2 Å². The average molecular weight is 440 g/mol. The van der Waals surface area contributed by atoms with Gasteiger partial charge in [-0.3, -0.25) is 9.79 Å². The molecule has 1 aliphatic rings. The first-order valence-corrected chi connectivity index (χ1v) is 11.7. The van der Waals surface area contributed by atoms with E-state index in [-0.39, 0.29) is 5.91 Å². The number of amides is 1. The van der Waals surface area contributed by atoms with Gasteiger partial charge < -0.3 is 20.4 Å². The van der Waals surface area contributed by atoms with Crippen molar-refractivity contribution in [1.29, 1.82) is 0 Å². The minimum absolute atomic E-state index is 0.0117. The summed E-state index contributed by atoms with van der Waals surface area (Å²) in [6, 6.07) is 18.6. The molecule has 1 fully saturated rings.